The van der Waals surface area contributed by atoms with Crippen LogP contribution < -0.4 is 0 Å². The molecule has 15 heavy (non-hydrogen) atoms. The highest BCUT2D eigenvalue weighted by Crippen LogP contribution is 2.17. The predicted molar refractivity (Wildman–Crippen MR) is 67.4 cm³/mol. The summed E-state index contributed by atoms with van der Waals surface area (Å²) in [7, 11) is 0. The summed E-state index contributed by atoms with van der Waals surface area (Å²) in [4.78, 5) is 11.0. The van der Waals surface area contributed by atoms with Crippen LogP contribution >= 0.6 is 23.8 Å². The van der Waals surface area contributed by atoms with Gasteiger partial charge in [0.15, 0.2) is 0 Å². The minimum atomic E-state index is -0.0263. The Hall–Kier alpha value is -0.730. The van der Waals surface area contributed by atoms with Gasteiger partial charge in [-0.2, -0.15) is 0 Å². The zero-order valence-corrected chi connectivity index (χ0v) is 10.1. The third-order valence-electron chi connectivity index (χ3n) is 2.18. The fraction of sp³-hybridized carbons (Fsp3) is 0.333. The van der Waals surface area contributed by atoms with E-state index in [0.29, 0.717) is 10.7 Å². The van der Waals surface area contributed by atoms with Gasteiger partial charge in [0, 0.05) is 12.3 Å². The number of benzene rings is 1. The van der Waals surface area contributed by atoms with Crippen LogP contribution in [0.25, 0.3) is 0 Å². The number of Topliss-reactive ketones (excluding diaryl/α,β-unsaturated/α-hetero) is 1. The van der Waals surface area contributed by atoms with Crippen molar-refractivity contribution in [3.63, 3.8) is 0 Å². The van der Waals surface area contributed by atoms with Gasteiger partial charge in [0.2, 0.25) is 0 Å². The van der Waals surface area contributed by atoms with E-state index in [0.717, 1.165) is 12.0 Å². The SMILES string of the molecule is CC(=O)CC(Cc1ccccc1)C(=S)Cl. The molecule has 0 fully saturated rings. The first-order valence-electron chi connectivity index (χ1n) is 4.82. The van der Waals surface area contributed by atoms with Crippen molar-refractivity contribution < 1.29 is 4.79 Å². The fourth-order valence-corrected chi connectivity index (χ4v) is 1.80. The van der Waals surface area contributed by atoms with Gasteiger partial charge in [-0.1, -0.05) is 54.2 Å². The normalized spacial score (nSPS) is 12.1. The quantitative estimate of drug-likeness (QED) is 0.580. The number of ketones is 1. The van der Waals surface area contributed by atoms with E-state index in [1.807, 2.05) is 30.3 Å². The van der Waals surface area contributed by atoms with Crippen molar-refractivity contribution in [2.75, 3.05) is 0 Å². The minimum absolute atomic E-state index is 0.0263. The first-order chi connectivity index (χ1) is 7.09. The summed E-state index contributed by atoms with van der Waals surface area (Å²) >= 11 is 10.8. The standard InChI is InChI=1S/C12H13ClOS/c1-9(14)7-11(12(13)15)8-10-5-3-2-4-6-10/h2-6,11H,7-8H2,1H3. The molecular formula is C12H13ClOS. The van der Waals surface area contributed by atoms with Crippen molar-refractivity contribution in [3.8, 4) is 0 Å². The first kappa shape index (κ1) is 12.3. The monoisotopic (exact) mass is 240 g/mol. The molecule has 0 aliphatic carbocycles. The zero-order valence-electron chi connectivity index (χ0n) is 8.57. The van der Waals surface area contributed by atoms with Gasteiger partial charge in [-0.25, -0.2) is 0 Å². The summed E-state index contributed by atoms with van der Waals surface area (Å²) in [6.45, 7) is 1.56. The molecular weight excluding hydrogens is 228 g/mol. The van der Waals surface area contributed by atoms with Crippen LogP contribution in [0, 0.1) is 5.92 Å². The Morgan fingerprint density at radius 3 is 2.47 bits per heavy atom. The van der Waals surface area contributed by atoms with Gasteiger partial charge < -0.3 is 4.79 Å². The molecule has 0 saturated carbocycles. The van der Waals surface area contributed by atoms with Crippen LogP contribution in [0.15, 0.2) is 30.3 Å². The average molecular weight is 241 g/mol. The van der Waals surface area contributed by atoms with E-state index >= 15 is 0 Å². The fourth-order valence-electron chi connectivity index (χ4n) is 1.48. The number of rotatable bonds is 5. The van der Waals surface area contributed by atoms with E-state index in [1.54, 1.807) is 6.92 Å². The topological polar surface area (TPSA) is 17.1 Å². The van der Waals surface area contributed by atoms with E-state index in [9.17, 15) is 4.79 Å². The Labute approximate surface area is 100 Å². The number of halogens is 1. The highest BCUT2D eigenvalue weighted by atomic mass is 35.5. The van der Waals surface area contributed by atoms with Gasteiger partial charge in [-0.05, 0) is 18.9 Å². The number of thiocarbonyl (C=S) groups is 1. The Bertz CT molecular complexity index is 348. The summed E-state index contributed by atoms with van der Waals surface area (Å²) in [5.74, 6) is 0.0977. The van der Waals surface area contributed by atoms with E-state index in [-0.39, 0.29) is 11.7 Å². The van der Waals surface area contributed by atoms with E-state index in [4.69, 9.17) is 23.8 Å². The van der Waals surface area contributed by atoms with E-state index in [2.05, 4.69) is 0 Å². The number of carbonyl (C=O) groups excluding carboxylic acids is 1. The molecule has 0 radical (unpaired) electrons. The molecule has 1 atom stereocenters. The van der Waals surface area contributed by atoms with Crippen molar-refractivity contribution in [1.82, 2.24) is 0 Å². The molecule has 0 aliphatic rings. The Kier molecular flexibility index (Phi) is 4.92. The summed E-state index contributed by atoms with van der Waals surface area (Å²) in [6, 6.07) is 9.93. The predicted octanol–water partition coefficient (Wildman–Crippen LogP) is 3.39. The van der Waals surface area contributed by atoms with E-state index < -0.39 is 0 Å². The third kappa shape index (κ3) is 4.54. The number of hydrogen-bond acceptors (Lipinski definition) is 2. The molecule has 1 aromatic carbocycles. The molecule has 1 rings (SSSR count). The van der Waals surface area contributed by atoms with Crippen molar-refractivity contribution in [2.24, 2.45) is 5.92 Å². The Morgan fingerprint density at radius 2 is 2.00 bits per heavy atom. The van der Waals surface area contributed by atoms with Crippen molar-refractivity contribution in [1.29, 1.82) is 0 Å². The van der Waals surface area contributed by atoms with Crippen LogP contribution in [0.1, 0.15) is 18.9 Å². The molecule has 0 saturated heterocycles. The van der Waals surface area contributed by atoms with Crippen molar-refractivity contribution in [2.45, 2.75) is 19.8 Å². The van der Waals surface area contributed by atoms with E-state index in [1.165, 1.54) is 0 Å². The highest BCUT2D eigenvalue weighted by Gasteiger charge is 2.15. The molecule has 0 aromatic heterocycles. The lowest BCUT2D eigenvalue weighted by Crippen LogP contribution is -2.14. The minimum Gasteiger partial charge on any atom is -0.300 e. The Morgan fingerprint density at radius 1 is 1.40 bits per heavy atom. The second-order valence-electron chi connectivity index (χ2n) is 3.60. The number of hydrogen-bond donors (Lipinski definition) is 0. The average Bonchev–Trinajstić information content (AvgIpc) is 2.17. The molecule has 0 bridgehead atoms. The van der Waals surface area contributed by atoms with Gasteiger partial charge in [-0.15, -0.1) is 0 Å². The number of carbonyl (C=O) groups is 1. The molecule has 0 spiro atoms. The lowest BCUT2D eigenvalue weighted by molar-refractivity contribution is -0.117. The van der Waals surface area contributed by atoms with Gasteiger partial charge in [-0.3, -0.25) is 0 Å². The molecule has 0 heterocycles. The van der Waals surface area contributed by atoms with Gasteiger partial charge >= 0.3 is 0 Å². The maximum atomic E-state index is 11.0. The van der Waals surface area contributed by atoms with Gasteiger partial charge in [0.1, 0.15) is 5.78 Å². The van der Waals surface area contributed by atoms with Crippen LogP contribution in [-0.4, -0.2) is 10.1 Å². The van der Waals surface area contributed by atoms with Crippen LogP contribution in [0.5, 0.6) is 0 Å². The third-order valence-corrected chi connectivity index (χ3v) is 2.82. The largest absolute Gasteiger partial charge is 0.300 e. The summed E-state index contributed by atoms with van der Waals surface area (Å²) in [5, 5.41) is 0. The second kappa shape index (κ2) is 5.99. The second-order valence-corrected chi connectivity index (χ2v) is 4.67. The summed E-state index contributed by atoms with van der Waals surface area (Å²) in [6.07, 6.45) is 1.17. The molecule has 0 amide bonds. The van der Waals surface area contributed by atoms with Crippen molar-refractivity contribution >= 4 is 33.9 Å². The summed E-state index contributed by atoms with van der Waals surface area (Å²) < 4.78 is 0.397. The molecule has 0 aliphatic heterocycles. The summed E-state index contributed by atoms with van der Waals surface area (Å²) in [5.41, 5.74) is 1.16. The van der Waals surface area contributed by atoms with Crippen LogP contribution in [0.4, 0.5) is 0 Å². The maximum Gasteiger partial charge on any atom is 0.130 e. The lowest BCUT2D eigenvalue weighted by Gasteiger charge is -2.12. The molecule has 3 heteroatoms. The molecule has 80 valence electrons. The smallest absolute Gasteiger partial charge is 0.130 e. The van der Waals surface area contributed by atoms with Crippen LogP contribution in [-0.2, 0) is 11.2 Å². The maximum absolute atomic E-state index is 11.0. The molecule has 1 nitrogen and oxygen atoms in total. The first-order valence-corrected chi connectivity index (χ1v) is 5.61. The molecule has 1 unspecified atom stereocenters. The highest BCUT2D eigenvalue weighted by molar-refractivity contribution is 7.83. The van der Waals surface area contributed by atoms with Crippen LogP contribution in [0.3, 0.4) is 0 Å². The lowest BCUT2D eigenvalue weighted by atomic mass is 9.96. The van der Waals surface area contributed by atoms with Gasteiger partial charge in [0.25, 0.3) is 0 Å². The molecule has 1 aromatic rings. The Balaban J connectivity index is 2.67. The van der Waals surface area contributed by atoms with Gasteiger partial charge in [0.05, 0.1) is 4.32 Å². The van der Waals surface area contributed by atoms with Crippen LogP contribution in [0.2, 0.25) is 0 Å². The zero-order chi connectivity index (χ0) is 11.3. The van der Waals surface area contributed by atoms with Crippen molar-refractivity contribution in [3.05, 3.63) is 35.9 Å². The molecule has 0 N–H and O–H groups in total.